The van der Waals surface area contributed by atoms with Crippen LogP contribution in [0.2, 0.25) is 0 Å². The normalized spacial score (nSPS) is 13.1. The number of nitrogens with two attached hydrogens (primary N) is 1. The van der Waals surface area contributed by atoms with Crippen LogP contribution < -0.4 is 21.2 Å². The average molecular weight is 410 g/mol. The second-order valence-corrected chi connectivity index (χ2v) is 7.35. The van der Waals surface area contributed by atoms with E-state index in [1.807, 2.05) is 0 Å². The third kappa shape index (κ3) is 4.32. The molecule has 3 rings (SSSR count). The van der Waals surface area contributed by atoms with Crippen LogP contribution >= 0.6 is 0 Å². The predicted molar refractivity (Wildman–Crippen MR) is 99.2 cm³/mol. The van der Waals surface area contributed by atoms with Crippen LogP contribution in [-0.2, 0) is 26.0 Å². The maximum atomic E-state index is 12.8. The highest BCUT2D eigenvalue weighted by Crippen LogP contribution is 2.24. The van der Waals surface area contributed by atoms with Gasteiger partial charge in [-0.3, -0.25) is 10.0 Å². The molecule has 0 spiro atoms. The van der Waals surface area contributed by atoms with Crippen molar-refractivity contribution in [2.75, 3.05) is 29.1 Å². The number of carbonyl (C=O) groups excluding carboxylic acids is 1. The molecule has 2 aromatic rings. The van der Waals surface area contributed by atoms with Crippen LogP contribution in [0.25, 0.3) is 0 Å². The van der Waals surface area contributed by atoms with E-state index in [1.54, 1.807) is 6.07 Å². The van der Waals surface area contributed by atoms with Crippen LogP contribution in [0.5, 0.6) is 0 Å². The average Bonchev–Trinajstić information content (AvgIpc) is 3.00. The number of aromatic nitrogens is 1. The van der Waals surface area contributed by atoms with E-state index < -0.39 is 41.5 Å². The van der Waals surface area contributed by atoms with Crippen LogP contribution in [0.4, 0.5) is 26.2 Å². The van der Waals surface area contributed by atoms with Gasteiger partial charge in [0, 0.05) is 5.69 Å². The number of halogens is 1. The highest BCUT2D eigenvalue weighted by molar-refractivity contribution is 7.92. The summed E-state index contributed by atoms with van der Waals surface area (Å²) in [6.07, 6.45) is 0.0479. The van der Waals surface area contributed by atoms with Crippen LogP contribution in [-0.4, -0.2) is 44.9 Å². The van der Waals surface area contributed by atoms with Gasteiger partial charge in [0.05, 0.1) is 24.2 Å². The number of hydrogen-bond donors (Lipinski definition) is 4. The van der Waals surface area contributed by atoms with E-state index in [0.717, 1.165) is 11.8 Å². The largest absolute Gasteiger partial charge is 0.491 e. The van der Waals surface area contributed by atoms with Crippen molar-refractivity contribution < 1.29 is 32.0 Å². The minimum Gasteiger partial charge on any atom is -0.447 e. The molecule has 1 aliphatic heterocycles. The fourth-order valence-electron chi connectivity index (χ4n) is 2.53. The summed E-state index contributed by atoms with van der Waals surface area (Å²) in [7, 11) is -5.39. The van der Waals surface area contributed by atoms with Gasteiger partial charge in [-0.1, -0.05) is 6.07 Å². The van der Waals surface area contributed by atoms with Crippen molar-refractivity contribution in [2.45, 2.75) is 11.6 Å². The third-order valence-electron chi connectivity index (χ3n) is 3.73. The molecule has 0 bridgehead atoms. The molecule has 0 saturated heterocycles. The zero-order valence-corrected chi connectivity index (χ0v) is 15.2. The van der Waals surface area contributed by atoms with Crippen LogP contribution in [0.1, 0.15) is 5.56 Å². The molecule has 1 aromatic carbocycles. The Morgan fingerprint density at radius 2 is 2.21 bits per heavy atom. The summed E-state index contributed by atoms with van der Waals surface area (Å²) in [5.41, 5.74) is 6.80. The Kier molecular flexibility index (Phi) is 5.67. The maximum absolute atomic E-state index is 12.8. The lowest BCUT2D eigenvalue weighted by molar-refractivity contribution is 0.152. The SMILES string of the molecule is Nc1cnc(S(=O)(=O)Nc2ccc3c(c2)B(O)OC3)c(NC(=O)OCCF)c1. The van der Waals surface area contributed by atoms with Crippen molar-refractivity contribution in [1.29, 1.82) is 0 Å². The monoisotopic (exact) mass is 410 g/mol. The summed E-state index contributed by atoms with van der Waals surface area (Å²) in [5.74, 6) is 0. The first-order chi connectivity index (χ1) is 13.3. The zero-order chi connectivity index (χ0) is 20.3. The third-order valence-corrected chi connectivity index (χ3v) is 5.07. The van der Waals surface area contributed by atoms with Crippen molar-refractivity contribution in [3.8, 4) is 0 Å². The first-order valence-corrected chi connectivity index (χ1v) is 9.49. The quantitative estimate of drug-likeness (QED) is 0.493. The smallest absolute Gasteiger partial charge is 0.447 e. The van der Waals surface area contributed by atoms with Gasteiger partial charge in [-0.25, -0.2) is 14.2 Å². The number of benzene rings is 1. The van der Waals surface area contributed by atoms with E-state index >= 15 is 0 Å². The fraction of sp³-hybridized carbons (Fsp3) is 0.200. The molecule has 1 amide bonds. The Balaban J connectivity index is 1.87. The molecule has 5 N–H and O–H groups in total. The van der Waals surface area contributed by atoms with E-state index in [0.29, 0.717) is 5.46 Å². The number of sulfonamides is 1. The Morgan fingerprint density at radius 1 is 1.43 bits per heavy atom. The van der Waals surface area contributed by atoms with E-state index in [4.69, 9.17) is 10.4 Å². The number of pyridine rings is 1. The van der Waals surface area contributed by atoms with Gasteiger partial charge in [-0.2, -0.15) is 8.42 Å². The predicted octanol–water partition coefficient (Wildman–Crippen LogP) is 0.200. The fourth-order valence-corrected chi connectivity index (χ4v) is 3.66. The molecule has 0 aliphatic carbocycles. The number of alkyl halides is 1. The summed E-state index contributed by atoms with van der Waals surface area (Å²) in [5, 5.41) is 11.4. The lowest BCUT2D eigenvalue weighted by Crippen LogP contribution is -2.28. The summed E-state index contributed by atoms with van der Waals surface area (Å²) < 4.78 is 49.5. The standard InChI is InChI=1S/C15H16BFN4O6S/c17-3-4-26-15(22)20-13-5-10(18)7-19-14(13)28(24,25)21-11-2-1-9-8-27-16(23)12(9)6-11/h1-2,5-7,21,23H,3-4,8,18H2,(H,20,22). The van der Waals surface area contributed by atoms with Gasteiger partial charge >= 0.3 is 13.2 Å². The Morgan fingerprint density at radius 3 is 2.96 bits per heavy atom. The molecule has 10 nitrogen and oxygen atoms in total. The number of amides is 1. The first-order valence-electron chi connectivity index (χ1n) is 8.01. The zero-order valence-electron chi connectivity index (χ0n) is 14.4. The Bertz CT molecular complexity index is 1010. The van der Waals surface area contributed by atoms with Crippen molar-refractivity contribution in [1.82, 2.24) is 4.98 Å². The van der Waals surface area contributed by atoms with Gasteiger partial charge in [0.25, 0.3) is 10.0 Å². The summed E-state index contributed by atoms with van der Waals surface area (Å²) in [6, 6.07) is 5.73. The summed E-state index contributed by atoms with van der Waals surface area (Å²) in [6.45, 7) is -1.15. The molecular weight excluding hydrogens is 394 g/mol. The van der Waals surface area contributed by atoms with Crippen molar-refractivity contribution in [3.63, 3.8) is 0 Å². The number of carbonyl (C=O) groups is 1. The number of anilines is 3. The molecule has 148 valence electrons. The molecule has 0 unspecified atom stereocenters. The molecule has 1 aliphatic rings. The maximum Gasteiger partial charge on any atom is 0.491 e. The van der Waals surface area contributed by atoms with Gasteiger partial charge in [0.1, 0.15) is 13.3 Å². The van der Waals surface area contributed by atoms with Gasteiger partial charge in [0.2, 0.25) is 0 Å². The minimum atomic E-state index is -4.25. The van der Waals surface area contributed by atoms with E-state index in [1.165, 1.54) is 18.2 Å². The van der Waals surface area contributed by atoms with Crippen LogP contribution in [0.15, 0.2) is 35.5 Å². The summed E-state index contributed by atoms with van der Waals surface area (Å²) in [4.78, 5) is 15.4. The molecule has 28 heavy (non-hydrogen) atoms. The first kappa shape index (κ1) is 19.9. The van der Waals surface area contributed by atoms with Crippen molar-refractivity contribution in [2.24, 2.45) is 0 Å². The molecule has 2 heterocycles. The van der Waals surface area contributed by atoms with Gasteiger partial charge < -0.3 is 20.1 Å². The summed E-state index contributed by atoms with van der Waals surface area (Å²) >= 11 is 0. The highest BCUT2D eigenvalue weighted by atomic mass is 32.2. The van der Waals surface area contributed by atoms with Gasteiger partial charge in [-0.15, -0.1) is 0 Å². The number of nitrogens with zero attached hydrogens (tertiary/aromatic N) is 1. The molecule has 13 heteroatoms. The van der Waals surface area contributed by atoms with Crippen LogP contribution in [0.3, 0.4) is 0 Å². The lowest BCUT2D eigenvalue weighted by atomic mass is 9.79. The van der Waals surface area contributed by atoms with Crippen molar-refractivity contribution >= 4 is 45.8 Å². The minimum absolute atomic E-state index is 0.0949. The molecule has 0 fully saturated rings. The molecular formula is C15H16BFN4O6S. The number of nitrogens with one attached hydrogen (secondary N) is 2. The topological polar surface area (TPSA) is 153 Å². The van der Waals surface area contributed by atoms with E-state index in [2.05, 4.69) is 19.8 Å². The Labute approximate surface area is 160 Å². The lowest BCUT2D eigenvalue weighted by Gasteiger charge is -2.13. The number of ether oxygens (including phenoxy) is 1. The number of nitrogen functional groups attached to an aromatic ring is 1. The number of fused-ring (bicyclic) bond motifs is 1. The number of rotatable bonds is 6. The molecule has 0 atom stereocenters. The van der Waals surface area contributed by atoms with E-state index in [9.17, 15) is 22.6 Å². The van der Waals surface area contributed by atoms with Crippen LogP contribution in [0, 0.1) is 0 Å². The van der Waals surface area contributed by atoms with E-state index in [-0.39, 0.29) is 23.7 Å². The highest BCUT2D eigenvalue weighted by Gasteiger charge is 2.28. The molecule has 1 aromatic heterocycles. The Hall–Kier alpha value is -2.90. The number of hydrogen-bond acceptors (Lipinski definition) is 8. The van der Waals surface area contributed by atoms with Crippen molar-refractivity contribution in [3.05, 3.63) is 36.0 Å². The van der Waals surface area contributed by atoms with Gasteiger partial charge in [-0.05, 0) is 29.2 Å². The molecule has 0 radical (unpaired) electrons. The second kappa shape index (κ2) is 8.00. The van der Waals surface area contributed by atoms with Gasteiger partial charge in [0.15, 0.2) is 5.03 Å². The molecule has 0 saturated carbocycles. The second-order valence-electron chi connectivity index (χ2n) is 5.75.